The van der Waals surface area contributed by atoms with Crippen molar-refractivity contribution in [2.75, 3.05) is 13.1 Å². The third kappa shape index (κ3) is 3.34. The third-order valence-corrected chi connectivity index (χ3v) is 4.38. The number of alkyl halides is 1. The van der Waals surface area contributed by atoms with Crippen LogP contribution in [-0.4, -0.2) is 43.9 Å². The van der Waals surface area contributed by atoms with Crippen LogP contribution in [0.2, 0.25) is 0 Å². The van der Waals surface area contributed by atoms with Gasteiger partial charge in [0.05, 0.1) is 35.8 Å². The Bertz CT molecular complexity index is 922. The highest BCUT2D eigenvalue weighted by Gasteiger charge is 2.17. The molecule has 1 aliphatic rings. The first-order valence-corrected chi connectivity index (χ1v) is 8.40. The third-order valence-electron chi connectivity index (χ3n) is 4.38. The highest BCUT2D eigenvalue weighted by molar-refractivity contribution is 5.68. The Hall–Kier alpha value is -3.06. The van der Waals surface area contributed by atoms with Crippen LogP contribution >= 0.6 is 0 Å². The lowest BCUT2D eigenvalue weighted by atomic mass is 10.0. The first-order valence-electron chi connectivity index (χ1n) is 8.40. The zero-order valence-corrected chi connectivity index (χ0v) is 14.0. The van der Waals surface area contributed by atoms with E-state index in [0.29, 0.717) is 29.9 Å². The number of phenolic OH excluding ortho intramolecular Hbond substituents is 1. The smallest absolute Gasteiger partial charge is 0.134 e. The molecule has 1 saturated heterocycles. The quantitative estimate of drug-likeness (QED) is 0.759. The Balaban J connectivity index is 1.58. The summed E-state index contributed by atoms with van der Waals surface area (Å²) >= 11 is 0. The van der Waals surface area contributed by atoms with Crippen molar-refractivity contribution >= 4 is 6.08 Å². The molecule has 0 radical (unpaired) electrons. The molecule has 1 unspecified atom stereocenters. The summed E-state index contributed by atoms with van der Waals surface area (Å²) in [6, 6.07) is 5.31. The molecule has 0 bridgehead atoms. The van der Waals surface area contributed by atoms with Crippen molar-refractivity contribution in [3.8, 4) is 22.7 Å². The number of nitrogens with one attached hydrogen (secondary N) is 1. The normalized spacial score (nSPS) is 19.0. The van der Waals surface area contributed by atoms with Crippen LogP contribution in [0.25, 0.3) is 23.0 Å². The lowest BCUT2D eigenvalue weighted by molar-refractivity contribution is 0.334. The van der Waals surface area contributed by atoms with E-state index in [9.17, 15) is 9.50 Å². The topological polar surface area (TPSA) is 75.9 Å². The van der Waals surface area contributed by atoms with Crippen LogP contribution in [0.4, 0.5) is 4.39 Å². The number of hydrogen-bond donors (Lipinski definition) is 2. The van der Waals surface area contributed by atoms with Crippen molar-refractivity contribution in [2.24, 2.45) is 0 Å². The van der Waals surface area contributed by atoms with Gasteiger partial charge in [-0.3, -0.25) is 9.97 Å². The van der Waals surface area contributed by atoms with E-state index in [-0.39, 0.29) is 5.75 Å². The van der Waals surface area contributed by atoms with Crippen molar-refractivity contribution in [1.82, 2.24) is 24.8 Å². The van der Waals surface area contributed by atoms with Crippen LogP contribution in [0, 0.1) is 0 Å². The Morgan fingerprint density at radius 3 is 2.88 bits per heavy atom. The van der Waals surface area contributed by atoms with Gasteiger partial charge in [-0.25, -0.2) is 9.37 Å². The van der Waals surface area contributed by atoms with Crippen LogP contribution in [0.3, 0.4) is 0 Å². The molecule has 6 nitrogen and oxygen atoms in total. The Morgan fingerprint density at radius 2 is 2.19 bits per heavy atom. The molecular formula is C19H18FN5O. The van der Waals surface area contributed by atoms with Gasteiger partial charge in [-0.05, 0) is 36.7 Å². The summed E-state index contributed by atoms with van der Waals surface area (Å²) in [4.78, 5) is 12.7. The largest absolute Gasteiger partial charge is 0.507 e. The second kappa shape index (κ2) is 7.05. The molecule has 1 fully saturated rings. The second-order valence-electron chi connectivity index (χ2n) is 6.14. The molecule has 4 rings (SSSR count). The number of benzene rings is 1. The lowest BCUT2D eigenvalue weighted by Crippen LogP contribution is -2.32. The van der Waals surface area contributed by atoms with E-state index in [2.05, 4.69) is 20.3 Å². The average molecular weight is 351 g/mol. The van der Waals surface area contributed by atoms with Crippen molar-refractivity contribution in [3.05, 3.63) is 60.6 Å². The summed E-state index contributed by atoms with van der Waals surface area (Å²) in [5, 5.41) is 13.4. The molecule has 0 aliphatic carbocycles. The molecule has 0 saturated carbocycles. The Kier molecular flexibility index (Phi) is 4.45. The summed E-state index contributed by atoms with van der Waals surface area (Å²) in [5.41, 5.74) is 3.30. The fraction of sp³-hybridized carbons (Fsp3) is 0.211. The summed E-state index contributed by atoms with van der Waals surface area (Å²) in [6.07, 6.45) is 9.77. The number of halogens is 1. The molecule has 26 heavy (non-hydrogen) atoms. The van der Waals surface area contributed by atoms with Gasteiger partial charge in [0.2, 0.25) is 0 Å². The fourth-order valence-corrected chi connectivity index (χ4v) is 2.96. The van der Waals surface area contributed by atoms with Crippen LogP contribution < -0.4 is 5.32 Å². The maximum absolute atomic E-state index is 13.9. The summed E-state index contributed by atoms with van der Waals surface area (Å²) in [7, 11) is 0. The highest BCUT2D eigenvalue weighted by atomic mass is 19.1. The van der Waals surface area contributed by atoms with Crippen molar-refractivity contribution in [3.63, 3.8) is 0 Å². The standard InChI is InChI=1S/C19H18FN5O/c20-17-10-21-4-3-13(17)7-14-9-24-18(11-23-14)16-2-1-15(8-19(16)26)25-6-5-22-12-25/h1-2,5-9,11-12,17,21,26H,3-4,10H2/b13-7-. The summed E-state index contributed by atoms with van der Waals surface area (Å²) < 4.78 is 15.7. The van der Waals surface area contributed by atoms with Gasteiger partial charge >= 0.3 is 0 Å². The van der Waals surface area contributed by atoms with E-state index in [1.807, 2.05) is 6.07 Å². The SMILES string of the molecule is Oc1cc(-n2ccnc2)ccc1-c1cnc(/C=C2/CCNCC2F)cn1. The minimum Gasteiger partial charge on any atom is -0.507 e. The molecular weight excluding hydrogens is 333 g/mol. The average Bonchev–Trinajstić information content (AvgIpc) is 3.19. The van der Waals surface area contributed by atoms with E-state index >= 15 is 0 Å². The number of rotatable bonds is 3. The van der Waals surface area contributed by atoms with Crippen molar-refractivity contribution in [1.29, 1.82) is 0 Å². The predicted molar refractivity (Wildman–Crippen MR) is 96.6 cm³/mol. The molecule has 2 aromatic heterocycles. The van der Waals surface area contributed by atoms with Gasteiger partial charge in [-0.15, -0.1) is 0 Å². The fourth-order valence-electron chi connectivity index (χ4n) is 2.96. The van der Waals surface area contributed by atoms with E-state index in [1.54, 1.807) is 53.9 Å². The van der Waals surface area contributed by atoms with Crippen LogP contribution in [0.5, 0.6) is 5.75 Å². The zero-order valence-electron chi connectivity index (χ0n) is 14.0. The number of nitrogens with zero attached hydrogens (tertiary/aromatic N) is 4. The van der Waals surface area contributed by atoms with E-state index in [0.717, 1.165) is 17.8 Å². The van der Waals surface area contributed by atoms with Gasteiger partial charge in [0.1, 0.15) is 11.9 Å². The van der Waals surface area contributed by atoms with Crippen LogP contribution in [-0.2, 0) is 0 Å². The zero-order chi connectivity index (χ0) is 17.9. The summed E-state index contributed by atoms with van der Waals surface area (Å²) in [6.45, 7) is 1.11. The monoisotopic (exact) mass is 351 g/mol. The Morgan fingerprint density at radius 1 is 1.27 bits per heavy atom. The highest BCUT2D eigenvalue weighted by Crippen LogP contribution is 2.29. The molecule has 2 N–H and O–H groups in total. The molecule has 3 heterocycles. The number of aromatic hydroxyl groups is 1. The molecule has 7 heteroatoms. The molecule has 0 spiro atoms. The predicted octanol–water partition coefficient (Wildman–Crippen LogP) is 2.75. The van der Waals surface area contributed by atoms with Gasteiger partial charge in [-0.2, -0.15) is 0 Å². The molecule has 0 amide bonds. The van der Waals surface area contributed by atoms with Gasteiger partial charge in [0.25, 0.3) is 0 Å². The van der Waals surface area contributed by atoms with Crippen LogP contribution in [0.1, 0.15) is 12.1 Å². The molecule has 132 valence electrons. The maximum Gasteiger partial charge on any atom is 0.134 e. The van der Waals surface area contributed by atoms with Crippen molar-refractivity contribution < 1.29 is 9.50 Å². The summed E-state index contributed by atoms with van der Waals surface area (Å²) in [5.74, 6) is 0.110. The van der Waals surface area contributed by atoms with Gasteiger partial charge in [0, 0.05) is 30.6 Å². The second-order valence-corrected chi connectivity index (χ2v) is 6.14. The molecule has 1 aromatic carbocycles. The first-order chi connectivity index (χ1) is 12.7. The van der Waals surface area contributed by atoms with Crippen molar-refractivity contribution in [2.45, 2.75) is 12.6 Å². The minimum atomic E-state index is -0.981. The number of piperidine rings is 1. The molecule has 1 atom stereocenters. The first kappa shape index (κ1) is 16.4. The maximum atomic E-state index is 13.9. The van der Waals surface area contributed by atoms with Crippen LogP contribution in [0.15, 0.2) is 54.9 Å². The lowest BCUT2D eigenvalue weighted by Gasteiger charge is -2.19. The van der Waals surface area contributed by atoms with Gasteiger partial charge in [0.15, 0.2) is 0 Å². The number of hydrogen-bond acceptors (Lipinski definition) is 5. The Labute approximate surface area is 150 Å². The molecule has 1 aliphatic heterocycles. The minimum absolute atomic E-state index is 0.110. The molecule has 3 aromatic rings. The van der Waals surface area contributed by atoms with E-state index < -0.39 is 6.17 Å². The number of aromatic nitrogens is 4. The van der Waals surface area contributed by atoms with Gasteiger partial charge < -0.3 is 15.0 Å². The van der Waals surface area contributed by atoms with E-state index in [1.165, 1.54) is 0 Å². The van der Waals surface area contributed by atoms with E-state index in [4.69, 9.17) is 0 Å². The number of phenols is 1. The number of imidazole rings is 1. The van der Waals surface area contributed by atoms with Gasteiger partial charge in [-0.1, -0.05) is 0 Å².